The van der Waals surface area contributed by atoms with Gasteiger partial charge in [-0.05, 0) is 67.5 Å². The fourth-order valence-electron chi connectivity index (χ4n) is 4.53. The van der Waals surface area contributed by atoms with Gasteiger partial charge in [0, 0.05) is 12.8 Å². The van der Waals surface area contributed by atoms with E-state index in [1.54, 1.807) is 7.05 Å². The number of rotatable bonds is 13. The summed E-state index contributed by atoms with van der Waals surface area (Å²) in [4.78, 5) is 26.1. The second-order valence-electron chi connectivity index (χ2n) is 11.2. The first kappa shape index (κ1) is 30.5. The molecule has 0 saturated carbocycles. The molecule has 0 bridgehead atoms. The molecule has 6 nitrogen and oxygen atoms in total. The number of ether oxygens (including phenoxy) is 3. The molecule has 0 radical (unpaired) electrons. The molecule has 39 heavy (non-hydrogen) atoms. The lowest BCUT2D eigenvalue weighted by Gasteiger charge is -2.24. The van der Waals surface area contributed by atoms with E-state index in [1.165, 1.54) is 25.0 Å². The third-order valence-electron chi connectivity index (χ3n) is 6.60. The van der Waals surface area contributed by atoms with Gasteiger partial charge in [-0.2, -0.15) is 0 Å². The summed E-state index contributed by atoms with van der Waals surface area (Å²) in [5.74, 6) is -0.775. The van der Waals surface area contributed by atoms with Crippen LogP contribution in [0.15, 0.2) is 54.6 Å². The third-order valence-corrected chi connectivity index (χ3v) is 6.60. The van der Waals surface area contributed by atoms with Gasteiger partial charge in [-0.15, -0.1) is 0 Å². The zero-order valence-corrected chi connectivity index (χ0v) is 23.8. The second-order valence-corrected chi connectivity index (χ2v) is 11.2. The van der Waals surface area contributed by atoms with Crippen LogP contribution in [-0.2, 0) is 43.2 Å². The average Bonchev–Trinajstić information content (AvgIpc) is 2.90. The zero-order valence-electron chi connectivity index (χ0n) is 23.8. The number of halogens is 1. The number of hydrogen-bond acceptors (Lipinski definition) is 6. The molecular formula is C32H42FNO5. The van der Waals surface area contributed by atoms with Crippen LogP contribution in [0.4, 0.5) is 4.39 Å². The van der Waals surface area contributed by atoms with Crippen molar-refractivity contribution in [2.75, 3.05) is 20.3 Å². The standard InChI is InChI=1S/C32H42FNO5/c1-22(2)18-23-6-8-25(9-7-23)21-38-31(36)29(39-30(35)28(34-5)20-32(3,4)33)19-24-10-12-26(13-11-24)27-14-16-37-17-15-27/h6-14,22,28-29,34H,15-21H2,1-5H3/t28-,29+/m0/s1. The monoisotopic (exact) mass is 539 g/mol. The molecule has 0 spiro atoms. The molecule has 2 aromatic carbocycles. The molecule has 0 unspecified atom stereocenters. The Morgan fingerprint density at radius 1 is 0.974 bits per heavy atom. The fraction of sp³-hybridized carbons (Fsp3) is 0.500. The van der Waals surface area contributed by atoms with Crippen LogP contribution in [0.5, 0.6) is 0 Å². The molecule has 0 amide bonds. The van der Waals surface area contributed by atoms with Gasteiger partial charge in [0.15, 0.2) is 0 Å². The van der Waals surface area contributed by atoms with Crippen molar-refractivity contribution in [3.8, 4) is 0 Å². The maximum atomic E-state index is 14.3. The number of alkyl halides is 1. The molecule has 1 aliphatic heterocycles. The molecule has 3 rings (SSSR count). The third kappa shape index (κ3) is 10.2. The van der Waals surface area contributed by atoms with Crippen LogP contribution in [0.2, 0.25) is 0 Å². The number of hydrogen-bond donors (Lipinski definition) is 1. The van der Waals surface area contributed by atoms with Gasteiger partial charge in [-0.3, -0.25) is 4.79 Å². The number of likely N-dealkylation sites (N-methyl/N-ethyl adjacent to an activating group) is 1. The lowest BCUT2D eigenvalue weighted by Crippen LogP contribution is -2.43. The maximum Gasteiger partial charge on any atom is 0.348 e. The SMILES string of the molecule is CN[C@@H](CC(C)(C)F)C(=O)O[C@H](Cc1ccc(C2=CCOCC2)cc1)C(=O)OCc1ccc(CC(C)C)cc1. The van der Waals surface area contributed by atoms with Crippen molar-refractivity contribution in [3.63, 3.8) is 0 Å². The van der Waals surface area contributed by atoms with Crippen molar-refractivity contribution in [2.45, 2.75) is 77.8 Å². The fourth-order valence-corrected chi connectivity index (χ4v) is 4.53. The van der Waals surface area contributed by atoms with E-state index >= 15 is 0 Å². The lowest BCUT2D eigenvalue weighted by molar-refractivity contribution is -0.170. The number of nitrogens with one attached hydrogen (secondary N) is 1. The zero-order chi connectivity index (χ0) is 28.4. The summed E-state index contributed by atoms with van der Waals surface area (Å²) in [6, 6.07) is 14.9. The predicted octanol–water partition coefficient (Wildman–Crippen LogP) is 5.61. The van der Waals surface area contributed by atoms with Crippen LogP contribution < -0.4 is 5.32 Å². The minimum absolute atomic E-state index is 0.0664. The Bertz CT molecular complexity index is 1100. The van der Waals surface area contributed by atoms with Crippen molar-refractivity contribution in [1.29, 1.82) is 0 Å². The highest BCUT2D eigenvalue weighted by Gasteiger charge is 2.32. The van der Waals surface area contributed by atoms with Crippen LogP contribution in [-0.4, -0.2) is 50.0 Å². The topological polar surface area (TPSA) is 73.9 Å². The van der Waals surface area contributed by atoms with E-state index in [0.29, 0.717) is 19.1 Å². The molecule has 1 N–H and O–H groups in total. The van der Waals surface area contributed by atoms with Crippen molar-refractivity contribution >= 4 is 17.5 Å². The molecule has 0 saturated heterocycles. The largest absolute Gasteiger partial charge is 0.458 e. The van der Waals surface area contributed by atoms with Gasteiger partial charge in [-0.1, -0.05) is 68.5 Å². The summed E-state index contributed by atoms with van der Waals surface area (Å²) in [6.45, 7) is 8.50. The van der Waals surface area contributed by atoms with E-state index in [1.807, 2.05) is 48.5 Å². The van der Waals surface area contributed by atoms with E-state index in [2.05, 4.69) is 25.2 Å². The van der Waals surface area contributed by atoms with Gasteiger partial charge < -0.3 is 19.5 Å². The van der Waals surface area contributed by atoms with E-state index in [9.17, 15) is 14.0 Å². The molecule has 2 atom stereocenters. The van der Waals surface area contributed by atoms with Crippen LogP contribution in [0.1, 0.15) is 62.8 Å². The Balaban J connectivity index is 1.71. The molecule has 0 aromatic heterocycles. The number of benzene rings is 2. The van der Waals surface area contributed by atoms with Crippen LogP contribution in [0, 0.1) is 5.92 Å². The Kier molecular flexibility index (Phi) is 11.3. The highest BCUT2D eigenvalue weighted by Crippen LogP contribution is 2.23. The normalized spacial score (nSPS) is 15.4. The van der Waals surface area contributed by atoms with E-state index < -0.39 is 29.8 Å². The number of carbonyl (C=O) groups is 2. The van der Waals surface area contributed by atoms with Crippen molar-refractivity contribution in [1.82, 2.24) is 5.32 Å². The van der Waals surface area contributed by atoms with E-state index in [0.717, 1.165) is 29.5 Å². The summed E-state index contributed by atoms with van der Waals surface area (Å²) in [5, 5.41) is 2.80. The summed E-state index contributed by atoms with van der Waals surface area (Å²) in [7, 11) is 1.57. The minimum atomic E-state index is -1.58. The summed E-state index contributed by atoms with van der Waals surface area (Å²) in [5.41, 5.74) is 3.63. The highest BCUT2D eigenvalue weighted by atomic mass is 19.1. The van der Waals surface area contributed by atoms with Crippen molar-refractivity contribution in [2.24, 2.45) is 5.92 Å². The average molecular weight is 540 g/mol. The highest BCUT2D eigenvalue weighted by molar-refractivity contribution is 5.82. The Labute approximate surface area is 231 Å². The quantitative estimate of drug-likeness (QED) is 0.334. The van der Waals surface area contributed by atoms with Crippen molar-refractivity contribution in [3.05, 3.63) is 76.9 Å². The molecule has 1 heterocycles. The van der Waals surface area contributed by atoms with Crippen LogP contribution in [0.25, 0.3) is 5.57 Å². The Hall–Kier alpha value is -3.03. The molecule has 2 aromatic rings. The van der Waals surface area contributed by atoms with Crippen molar-refractivity contribution < 1.29 is 28.2 Å². The lowest BCUT2D eigenvalue weighted by atomic mass is 9.98. The van der Waals surface area contributed by atoms with Crippen LogP contribution in [0.3, 0.4) is 0 Å². The number of carbonyl (C=O) groups excluding carboxylic acids is 2. The smallest absolute Gasteiger partial charge is 0.348 e. The van der Waals surface area contributed by atoms with E-state index in [-0.39, 0.29) is 19.4 Å². The second kappa shape index (κ2) is 14.4. The Morgan fingerprint density at radius 3 is 2.15 bits per heavy atom. The first-order chi connectivity index (χ1) is 18.5. The summed E-state index contributed by atoms with van der Waals surface area (Å²) < 4.78 is 30.9. The van der Waals surface area contributed by atoms with Gasteiger partial charge in [0.2, 0.25) is 6.10 Å². The van der Waals surface area contributed by atoms with Gasteiger partial charge in [0.25, 0.3) is 0 Å². The van der Waals surface area contributed by atoms with Gasteiger partial charge >= 0.3 is 11.9 Å². The van der Waals surface area contributed by atoms with Gasteiger partial charge in [0.1, 0.15) is 18.3 Å². The van der Waals surface area contributed by atoms with Gasteiger partial charge in [0.05, 0.1) is 13.2 Å². The van der Waals surface area contributed by atoms with Gasteiger partial charge in [-0.25, -0.2) is 9.18 Å². The predicted molar refractivity (Wildman–Crippen MR) is 151 cm³/mol. The Morgan fingerprint density at radius 2 is 1.59 bits per heavy atom. The molecule has 0 aliphatic carbocycles. The molecule has 212 valence electrons. The first-order valence-corrected chi connectivity index (χ1v) is 13.7. The summed E-state index contributed by atoms with van der Waals surface area (Å²) in [6.07, 6.45) is 2.80. The van der Waals surface area contributed by atoms with Crippen LogP contribution >= 0.6 is 0 Å². The van der Waals surface area contributed by atoms with E-state index in [4.69, 9.17) is 14.2 Å². The maximum absolute atomic E-state index is 14.3. The molecule has 1 aliphatic rings. The minimum Gasteiger partial charge on any atom is -0.458 e. The first-order valence-electron chi connectivity index (χ1n) is 13.7. The molecular weight excluding hydrogens is 497 g/mol. The summed E-state index contributed by atoms with van der Waals surface area (Å²) >= 11 is 0. The molecule has 0 fully saturated rings. The molecule has 7 heteroatoms. The number of esters is 2.